The normalized spacial score (nSPS) is 12.2. The van der Waals surface area contributed by atoms with Gasteiger partial charge in [0, 0.05) is 5.54 Å². The highest BCUT2D eigenvalue weighted by Crippen LogP contribution is 2.21. The molecule has 0 radical (unpaired) electrons. The molecule has 0 heterocycles. The van der Waals surface area contributed by atoms with Gasteiger partial charge in [-0.2, -0.15) is 13.1 Å². The van der Waals surface area contributed by atoms with Crippen LogP contribution in [-0.4, -0.2) is 25.0 Å². The van der Waals surface area contributed by atoms with E-state index in [1.165, 1.54) is 18.2 Å². The van der Waals surface area contributed by atoms with Crippen molar-refractivity contribution in [2.45, 2.75) is 26.3 Å². The summed E-state index contributed by atoms with van der Waals surface area (Å²) in [5, 5.41) is 8.77. The van der Waals surface area contributed by atoms with E-state index in [4.69, 9.17) is 16.7 Å². The predicted octanol–water partition coefficient (Wildman–Crippen LogP) is 2.08. The second-order valence-corrected chi connectivity index (χ2v) is 6.78. The highest BCUT2D eigenvalue weighted by atomic mass is 35.5. The lowest BCUT2D eigenvalue weighted by Crippen LogP contribution is -2.43. The van der Waals surface area contributed by atoms with Gasteiger partial charge in [0.15, 0.2) is 0 Å². The minimum absolute atomic E-state index is 0.0385. The second-order valence-electron chi connectivity index (χ2n) is 4.96. The number of carbonyl (C=O) groups is 1. The molecule has 19 heavy (non-hydrogen) atoms. The Morgan fingerprint density at radius 3 is 2.32 bits per heavy atom. The van der Waals surface area contributed by atoms with E-state index in [0.29, 0.717) is 0 Å². The Hall–Kier alpha value is -1.31. The molecular weight excluding hydrogens is 292 g/mol. The van der Waals surface area contributed by atoms with Gasteiger partial charge in [-0.1, -0.05) is 11.6 Å². The van der Waals surface area contributed by atoms with Gasteiger partial charge < -0.3 is 5.11 Å². The topological polar surface area (TPSA) is 95.5 Å². The van der Waals surface area contributed by atoms with E-state index in [1.807, 2.05) is 0 Å². The van der Waals surface area contributed by atoms with Gasteiger partial charge in [-0.05, 0) is 39.0 Å². The van der Waals surface area contributed by atoms with Crippen molar-refractivity contribution in [3.8, 4) is 0 Å². The molecule has 0 saturated heterocycles. The Labute approximate surface area is 117 Å². The average Bonchev–Trinajstić information content (AvgIpc) is 2.11. The second kappa shape index (κ2) is 5.36. The number of benzene rings is 1. The molecule has 6 nitrogen and oxygen atoms in total. The number of carboxylic acids is 1. The Kier molecular flexibility index (Phi) is 4.44. The molecule has 1 aromatic rings. The summed E-state index contributed by atoms with van der Waals surface area (Å²) < 4.78 is 28.2. The minimum Gasteiger partial charge on any atom is -0.478 e. The summed E-state index contributed by atoms with van der Waals surface area (Å²) in [7, 11) is -3.75. The molecule has 0 saturated carbocycles. The lowest BCUT2D eigenvalue weighted by atomic mass is 10.1. The van der Waals surface area contributed by atoms with Gasteiger partial charge in [0.1, 0.15) is 0 Å². The molecule has 0 atom stereocenters. The molecular formula is C11H15ClN2O4S. The fraction of sp³-hybridized carbons (Fsp3) is 0.364. The molecule has 106 valence electrons. The minimum atomic E-state index is -3.75. The zero-order valence-corrected chi connectivity index (χ0v) is 12.3. The van der Waals surface area contributed by atoms with E-state index in [2.05, 4.69) is 9.44 Å². The summed E-state index contributed by atoms with van der Waals surface area (Å²) in [6.07, 6.45) is 0. The smallest absolute Gasteiger partial charge is 0.337 e. The molecule has 1 aromatic carbocycles. The van der Waals surface area contributed by atoms with Gasteiger partial charge in [-0.15, -0.1) is 0 Å². The molecule has 0 spiro atoms. The van der Waals surface area contributed by atoms with Crippen molar-refractivity contribution in [2.75, 3.05) is 4.72 Å². The van der Waals surface area contributed by atoms with Crippen LogP contribution in [0.15, 0.2) is 18.2 Å². The number of hydrogen-bond donors (Lipinski definition) is 3. The number of aromatic carboxylic acids is 1. The van der Waals surface area contributed by atoms with Crippen LogP contribution in [0.25, 0.3) is 0 Å². The van der Waals surface area contributed by atoms with Gasteiger partial charge in [0.05, 0.1) is 16.3 Å². The summed E-state index contributed by atoms with van der Waals surface area (Å²) in [5.74, 6) is -1.17. The van der Waals surface area contributed by atoms with Crippen molar-refractivity contribution in [3.63, 3.8) is 0 Å². The summed E-state index contributed by atoms with van der Waals surface area (Å²) >= 11 is 5.75. The number of hydrogen-bond acceptors (Lipinski definition) is 3. The van der Waals surface area contributed by atoms with Crippen molar-refractivity contribution in [2.24, 2.45) is 0 Å². The monoisotopic (exact) mass is 306 g/mol. The maximum atomic E-state index is 11.8. The Morgan fingerprint density at radius 1 is 1.32 bits per heavy atom. The van der Waals surface area contributed by atoms with Crippen LogP contribution in [0.5, 0.6) is 0 Å². The highest BCUT2D eigenvalue weighted by Gasteiger charge is 2.20. The molecule has 8 heteroatoms. The van der Waals surface area contributed by atoms with Crippen LogP contribution in [0.3, 0.4) is 0 Å². The summed E-state index contributed by atoms with van der Waals surface area (Å²) in [6, 6.07) is 3.81. The number of anilines is 1. The van der Waals surface area contributed by atoms with Crippen LogP contribution in [-0.2, 0) is 10.2 Å². The molecule has 0 bridgehead atoms. The van der Waals surface area contributed by atoms with Crippen molar-refractivity contribution < 1.29 is 18.3 Å². The lowest BCUT2D eigenvalue weighted by molar-refractivity contribution is 0.0697. The fourth-order valence-corrected chi connectivity index (χ4v) is 2.89. The molecule has 0 aliphatic rings. The van der Waals surface area contributed by atoms with Crippen molar-refractivity contribution in [1.29, 1.82) is 0 Å². The molecule has 0 aliphatic heterocycles. The van der Waals surface area contributed by atoms with E-state index < -0.39 is 21.7 Å². The van der Waals surface area contributed by atoms with E-state index in [9.17, 15) is 13.2 Å². The highest BCUT2D eigenvalue weighted by molar-refractivity contribution is 7.90. The maximum absolute atomic E-state index is 11.8. The molecule has 3 N–H and O–H groups in total. The van der Waals surface area contributed by atoms with Crippen LogP contribution >= 0.6 is 11.6 Å². The maximum Gasteiger partial charge on any atom is 0.337 e. The first-order valence-electron chi connectivity index (χ1n) is 5.35. The molecule has 0 amide bonds. The Balaban J connectivity index is 2.95. The standard InChI is InChI=1S/C11H15ClN2O4S/c1-11(2,3)14-19(17,18)13-7-4-5-8(10(15)16)9(12)6-7/h4-6,13-14H,1-3H3,(H,15,16). The fourth-order valence-electron chi connectivity index (χ4n) is 1.34. The van der Waals surface area contributed by atoms with Crippen LogP contribution in [0.1, 0.15) is 31.1 Å². The molecule has 0 unspecified atom stereocenters. The van der Waals surface area contributed by atoms with Crippen LogP contribution in [0.4, 0.5) is 5.69 Å². The first kappa shape index (κ1) is 15.7. The number of nitrogens with one attached hydrogen (secondary N) is 2. The van der Waals surface area contributed by atoms with E-state index >= 15 is 0 Å². The van der Waals surface area contributed by atoms with Gasteiger partial charge in [0.2, 0.25) is 0 Å². The summed E-state index contributed by atoms with van der Waals surface area (Å²) in [4.78, 5) is 10.8. The number of halogens is 1. The zero-order valence-electron chi connectivity index (χ0n) is 10.7. The number of rotatable bonds is 4. The van der Waals surface area contributed by atoms with Gasteiger partial charge in [-0.25, -0.2) is 4.79 Å². The predicted molar refractivity (Wildman–Crippen MR) is 73.8 cm³/mol. The molecule has 0 fully saturated rings. The number of carboxylic acid groups (broad SMARTS) is 1. The Bertz CT molecular complexity index is 593. The van der Waals surface area contributed by atoms with Crippen molar-refractivity contribution in [1.82, 2.24) is 4.72 Å². The molecule has 0 aromatic heterocycles. The third-order valence-electron chi connectivity index (χ3n) is 1.89. The van der Waals surface area contributed by atoms with Crippen molar-refractivity contribution >= 4 is 33.5 Å². The van der Waals surface area contributed by atoms with E-state index in [1.54, 1.807) is 20.8 Å². The molecule has 0 aliphatic carbocycles. The third kappa shape index (κ3) is 5.06. The largest absolute Gasteiger partial charge is 0.478 e. The van der Waals surface area contributed by atoms with Crippen LogP contribution in [0.2, 0.25) is 5.02 Å². The van der Waals surface area contributed by atoms with Crippen LogP contribution < -0.4 is 9.44 Å². The summed E-state index contributed by atoms with van der Waals surface area (Å²) in [5.41, 5.74) is -0.531. The van der Waals surface area contributed by atoms with E-state index in [-0.39, 0.29) is 16.3 Å². The van der Waals surface area contributed by atoms with Gasteiger partial charge in [-0.3, -0.25) is 4.72 Å². The SMILES string of the molecule is CC(C)(C)NS(=O)(=O)Nc1ccc(C(=O)O)c(Cl)c1. The average molecular weight is 307 g/mol. The molecule has 1 rings (SSSR count). The third-order valence-corrected chi connectivity index (χ3v) is 3.59. The van der Waals surface area contributed by atoms with E-state index in [0.717, 1.165) is 0 Å². The zero-order chi connectivity index (χ0) is 14.8. The van der Waals surface area contributed by atoms with Gasteiger partial charge >= 0.3 is 5.97 Å². The first-order valence-corrected chi connectivity index (χ1v) is 7.21. The summed E-state index contributed by atoms with van der Waals surface area (Å²) in [6.45, 7) is 5.10. The Morgan fingerprint density at radius 2 is 1.89 bits per heavy atom. The van der Waals surface area contributed by atoms with Crippen molar-refractivity contribution in [3.05, 3.63) is 28.8 Å². The van der Waals surface area contributed by atoms with Crippen LogP contribution in [0, 0.1) is 0 Å². The first-order chi connectivity index (χ1) is 8.50. The lowest BCUT2D eigenvalue weighted by Gasteiger charge is -2.21. The quantitative estimate of drug-likeness (QED) is 0.793. The van der Waals surface area contributed by atoms with Gasteiger partial charge in [0.25, 0.3) is 10.2 Å².